The van der Waals surface area contributed by atoms with Gasteiger partial charge in [-0.3, -0.25) is 10.1 Å². The molecule has 0 saturated carbocycles. The Bertz CT molecular complexity index is 516. The number of hydrogen-bond acceptors (Lipinski definition) is 5. The molecule has 7 nitrogen and oxygen atoms in total. The number of hydrogen-bond donors (Lipinski definition) is 2. The van der Waals surface area contributed by atoms with Crippen LogP contribution in [0, 0.1) is 10.1 Å². The van der Waals surface area contributed by atoms with Crippen molar-refractivity contribution in [2.24, 2.45) is 0 Å². The lowest BCUT2D eigenvalue weighted by atomic mass is 10.1. The molecule has 0 bridgehead atoms. The molecule has 1 rings (SSSR count). The average molecular weight is 296 g/mol. The summed E-state index contributed by atoms with van der Waals surface area (Å²) in [6.45, 7) is 5.38. The van der Waals surface area contributed by atoms with Crippen LogP contribution in [0.3, 0.4) is 0 Å². The van der Waals surface area contributed by atoms with E-state index in [4.69, 9.17) is 9.84 Å². The zero-order valence-corrected chi connectivity index (χ0v) is 12.3. The first kappa shape index (κ1) is 16.7. The lowest BCUT2D eigenvalue weighted by molar-refractivity contribution is -0.385. The van der Waals surface area contributed by atoms with Crippen LogP contribution in [0.1, 0.15) is 33.6 Å². The minimum atomic E-state index is -1.04. The summed E-state index contributed by atoms with van der Waals surface area (Å²) in [5, 5.41) is 23.1. The van der Waals surface area contributed by atoms with Crippen molar-refractivity contribution in [1.29, 1.82) is 0 Å². The lowest BCUT2D eigenvalue weighted by Gasteiger charge is -2.17. The minimum Gasteiger partial charge on any atom is -0.484 e. The number of rotatable bonds is 8. The van der Waals surface area contributed by atoms with E-state index in [0.717, 1.165) is 0 Å². The van der Waals surface area contributed by atoms with Crippen molar-refractivity contribution < 1.29 is 19.6 Å². The number of nitrogens with one attached hydrogen (secondary N) is 1. The molecular weight excluding hydrogens is 276 g/mol. The van der Waals surface area contributed by atoms with Gasteiger partial charge in [0.2, 0.25) is 0 Å². The number of ether oxygens (including phenoxy) is 1. The number of carbonyl (C=O) groups is 1. The molecule has 0 spiro atoms. The molecule has 1 aromatic carbocycles. The molecule has 0 aliphatic heterocycles. The maximum Gasteiger partial charge on any atom is 0.333 e. The monoisotopic (exact) mass is 296 g/mol. The van der Waals surface area contributed by atoms with Crippen LogP contribution in [0.4, 0.5) is 11.4 Å². The van der Waals surface area contributed by atoms with Crippen LogP contribution in [0.15, 0.2) is 18.2 Å². The fourth-order valence-electron chi connectivity index (χ4n) is 1.91. The molecule has 1 aromatic rings. The van der Waals surface area contributed by atoms with Gasteiger partial charge >= 0.3 is 11.7 Å². The molecule has 0 aliphatic rings. The van der Waals surface area contributed by atoms with Crippen LogP contribution in [0.25, 0.3) is 0 Å². The van der Waals surface area contributed by atoms with E-state index in [0.29, 0.717) is 12.8 Å². The first-order chi connectivity index (χ1) is 9.86. The Hall–Kier alpha value is -2.31. The molecule has 0 aliphatic carbocycles. The molecule has 0 saturated heterocycles. The van der Waals surface area contributed by atoms with Gasteiger partial charge in [0.05, 0.1) is 11.0 Å². The smallest absolute Gasteiger partial charge is 0.333 e. The molecule has 2 N–H and O–H groups in total. The van der Waals surface area contributed by atoms with Crippen molar-refractivity contribution in [3.05, 3.63) is 28.3 Å². The predicted molar refractivity (Wildman–Crippen MR) is 78.8 cm³/mol. The normalized spacial score (nSPS) is 12.0. The molecule has 1 atom stereocenters. The van der Waals surface area contributed by atoms with Gasteiger partial charge in [0.1, 0.15) is 11.7 Å². The number of nitro benzene ring substituents is 1. The molecule has 1 unspecified atom stereocenters. The van der Waals surface area contributed by atoms with Gasteiger partial charge in [0.15, 0.2) is 5.75 Å². The number of nitro groups is 1. The largest absolute Gasteiger partial charge is 0.484 e. The Morgan fingerprint density at radius 1 is 1.48 bits per heavy atom. The van der Waals surface area contributed by atoms with E-state index < -0.39 is 16.9 Å². The van der Waals surface area contributed by atoms with Crippen LogP contribution in [-0.2, 0) is 4.79 Å². The van der Waals surface area contributed by atoms with E-state index in [1.165, 1.54) is 12.1 Å². The van der Waals surface area contributed by atoms with Gasteiger partial charge < -0.3 is 15.2 Å². The first-order valence-corrected chi connectivity index (χ1v) is 6.80. The van der Waals surface area contributed by atoms with Crippen molar-refractivity contribution in [3.8, 4) is 5.75 Å². The number of aliphatic carboxylic acids is 1. The Kier molecular flexibility index (Phi) is 5.95. The number of para-hydroxylation sites is 1. The topological polar surface area (TPSA) is 102 Å². The van der Waals surface area contributed by atoms with Crippen molar-refractivity contribution in [3.63, 3.8) is 0 Å². The average Bonchev–Trinajstić information content (AvgIpc) is 2.37. The van der Waals surface area contributed by atoms with Gasteiger partial charge in [-0.25, -0.2) is 4.79 Å². The summed E-state index contributed by atoms with van der Waals surface area (Å²) in [6, 6.07) is 3.70. The Morgan fingerprint density at radius 2 is 2.14 bits per heavy atom. The van der Waals surface area contributed by atoms with Gasteiger partial charge in [0.25, 0.3) is 0 Å². The molecule has 0 amide bonds. The zero-order chi connectivity index (χ0) is 16.0. The lowest BCUT2D eigenvalue weighted by Crippen LogP contribution is -2.29. The van der Waals surface area contributed by atoms with Crippen LogP contribution >= 0.6 is 0 Å². The highest BCUT2D eigenvalue weighted by Crippen LogP contribution is 2.35. The molecule has 116 valence electrons. The van der Waals surface area contributed by atoms with E-state index >= 15 is 0 Å². The molecular formula is C14H20N2O5. The van der Waals surface area contributed by atoms with E-state index in [9.17, 15) is 14.9 Å². The second kappa shape index (κ2) is 7.47. The highest BCUT2D eigenvalue weighted by atomic mass is 16.6. The van der Waals surface area contributed by atoms with Crippen molar-refractivity contribution >= 4 is 17.3 Å². The standard InChI is InChI=1S/C14H20N2O5/c1-4-6-11(14(17)18)15-10-7-5-8-12(21-9(2)3)13(10)16(19)20/h5,7-9,11,15H,4,6H2,1-3H3,(H,17,18). The third-order valence-electron chi connectivity index (χ3n) is 2.75. The molecule has 0 aromatic heterocycles. The van der Waals surface area contributed by atoms with Gasteiger partial charge in [-0.15, -0.1) is 0 Å². The summed E-state index contributed by atoms with van der Waals surface area (Å²) in [4.78, 5) is 21.9. The second-order valence-electron chi connectivity index (χ2n) is 4.90. The van der Waals surface area contributed by atoms with Gasteiger partial charge in [0, 0.05) is 0 Å². The predicted octanol–water partition coefficient (Wildman–Crippen LogP) is 3.05. The SMILES string of the molecule is CCCC(Nc1cccc(OC(C)C)c1[N+](=O)[O-])C(=O)O. The molecule has 21 heavy (non-hydrogen) atoms. The summed E-state index contributed by atoms with van der Waals surface area (Å²) in [7, 11) is 0. The summed E-state index contributed by atoms with van der Waals surface area (Å²) in [5.74, 6) is -0.915. The third kappa shape index (κ3) is 4.62. The van der Waals surface area contributed by atoms with Gasteiger partial charge in [-0.05, 0) is 32.4 Å². The highest BCUT2D eigenvalue weighted by molar-refractivity contribution is 5.80. The zero-order valence-electron chi connectivity index (χ0n) is 12.3. The van der Waals surface area contributed by atoms with Gasteiger partial charge in [-0.2, -0.15) is 0 Å². The summed E-state index contributed by atoms with van der Waals surface area (Å²) < 4.78 is 5.42. The van der Waals surface area contributed by atoms with Crippen LogP contribution in [0.2, 0.25) is 0 Å². The molecule has 0 radical (unpaired) electrons. The van der Waals surface area contributed by atoms with Crippen molar-refractivity contribution in [2.75, 3.05) is 5.32 Å². The number of nitrogens with zero attached hydrogens (tertiary/aromatic N) is 1. The Morgan fingerprint density at radius 3 is 2.62 bits per heavy atom. The number of carboxylic acids is 1. The second-order valence-corrected chi connectivity index (χ2v) is 4.90. The van der Waals surface area contributed by atoms with E-state index in [1.807, 2.05) is 6.92 Å². The fraction of sp³-hybridized carbons (Fsp3) is 0.500. The fourth-order valence-corrected chi connectivity index (χ4v) is 1.91. The molecule has 7 heteroatoms. The van der Waals surface area contributed by atoms with E-state index in [1.54, 1.807) is 19.9 Å². The minimum absolute atomic E-state index is 0.126. The van der Waals surface area contributed by atoms with Crippen molar-refractivity contribution in [1.82, 2.24) is 0 Å². The summed E-state index contributed by atoms with van der Waals surface area (Å²) in [6.07, 6.45) is 0.812. The number of carboxylic acid groups (broad SMARTS) is 1. The maximum atomic E-state index is 11.3. The number of anilines is 1. The number of benzene rings is 1. The highest BCUT2D eigenvalue weighted by Gasteiger charge is 2.25. The summed E-state index contributed by atoms with van der Waals surface area (Å²) >= 11 is 0. The Balaban J connectivity index is 3.16. The molecule has 0 fully saturated rings. The quantitative estimate of drug-likeness (QED) is 0.564. The first-order valence-electron chi connectivity index (χ1n) is 6.80. The van der Waals surface area contributed by atoms with Crippen LogP contribution < -0.4 is 10.1 Å². The summed E-state index contributed by atoms with van der Waals surface area (Å²) in [5.41, 5.74) is -0.0902. The van der Waals surface area contributed by atoms with E-state index in [2.05, 4.69) is 5.32 Å². The van der Waals surface area contributed by atoms with E-state index in [-0.39, 0.29) is 23.2 Å². The third-order valence-corrected chi connectivity index (χ3v) is 2.75. The van der Waals surface area contributed by atoms with Gasteiger partial charge in [-0.1, -0.05) is 19.4 Å². The maximum absolute atomic E-state index is 11.3. The van der Waals surface area contributed by atoms with Crippen LogP contribution in [-0.4, -0.2) is 28.1 Å². The molecule has 0 heterocycles. The Labute approximate surface area is 123 Å². The van der Waals surface area contributed by atoms with Crippen molar-refractivity contribution in [2.45, 2.75) is 45.8 Å². The van der Waals surface area contributed by atoms with Crippen LogP contribution in [0.5, 0.6) is 5.75 Å².